The quantitative estimate of drug-likeness (QED) is 0.864. The number of thiazole rings is 1. The third kappa shape index (κ3) is 5.26. The zero-order valence-corrected chi connectivity index (χ0v) is 15.7. The zero-order chi connectivity index (χ0) is 17.0. The first kappa shape index (κ1) is 18.4. The third-order valence-corrected chi connectivity index (χ3v) is 4.91. The van der Waals surface area contributed by atoms with E-state index in [0.29, 0.717) is 6.54 Å². The summed E-state index contributed by atoms with van der Waals surface area (Å²) >= 11 is 1.65. The first-order valence-electron chi connectivity index (χ1n) is 8.45. The van der Waals surface area contributed by atoms with Gasteiger partial charge in [-0.25, -0.2) is 4.98 Å². The molecule has 1 aliphatic rings. The van der Waals surface area contributed by atoms with E-state index in [2.05, 4.69) is 48.3 Å². The number of ether oxygens (including phenoxy) is 1. The zero-order valence-electron chi connectivity index (χ0n) is 14.8. The summed E-state index contributed by atoms with van der Waals surface area (Å²) < 4.78 is 5.79. The van der Waals surface area contributed by atoms with E-state index in [9.17, 15) is 4.79 Å². The lowest BCUT2D eigenvalue weighted by Gasteiger charge is -2.41. The van der Waals surface area contributed by atoms with Gasteiger partial charge in [-0.2, -0.15) is 0 Å². The molecule has 2 heterocycles. The highest BCUT2D eigenvalue weighted by molar-refractivity contribution is 7.09. The van der Waals surface area contributed by atoms with Crippen LogP contribution in [0.25, 0.3) is 0 Å². The molecule has 0 spiro atoms. The minimum atomic E-state index is -0.0963. The molecule has 0 radical (unpaired) electrons. The molecule has 0 bridgehead atoms. The number of carbonyl (C=O) groups excluding carboxylic acids is 1. The van der Waals surface area contributed by atoms with Crippen molar-refractivity contribution in [1.29, 1.82) is 0 Å². The van der Waals surface area contributed by atoms with Crippen LogP contribution in [0.5, 0.6) is 0 Å². The fourth-order valence-corrected chi connectivity index (χ4v) is 3.92. The second-order valence-corrected chi connectivity index (χ2v) is 7.86. The Morgan fingerprint density at radius 2 is 2.09 bits per heavy atom. The van der Waals surface area contributed by atoms with Crippen molar-refractivity contribution in [3.63, 3.8) is 0 Å². The fraction of sp³-hybridized carbons (Fsp3) is 0.765. The Morgan fingerprint density at radius 1 is 1.43 bits per heavy atom. The number of carbonyl (C=O) groups is 1. The van der Waals surface area contributed by atoms with Gasteiger partial charge in [-0.3, -0.25) is 9.69 Å². The summed E-state index contributed by atoms with van der Waals surface area (Å²) in [5.41, 5.74) is 1.06. The van der Waals surface area contributed by atoms with E-state index in [1.54, 1.807) is 11.3 Å². The highest BCUT2D eigenvalue weighted by Crippen LogP contribution is 2.18. The minimum Gasteiger partial charge on any atom is -0.373 e. The Morgan fingerprint density at radius 3 is 2.61 bits per heavy atom. The molecule has 2 rings (SSSR count). The number of morpholine rings is 1. The molecule has 0 aromatic carbocycles. The van der Waals surface area contributed by atoms with Gasteiger partial charge in [-0.1, -0.05) is 13.8 Å². The standard InChI is InChI=1S/C17H29N3O2S/c1-11(2)16(20-8-12(3)22-13(4)9-20)17(21)18-7-6-15-10-23-14(5)19-15/h10-13,16H,6-9H2,1-5H3,(H,18,21)/t12-,13+,16-/m0/s1. The Balaban J connectivity index is 1.90. The third-order valence-electron chi connectivity index (χ3n) is 4.09. The van der Waals surface area contributed by atoms with Crippen LogP contribution in [-0.2, 0) is 16.0 Å². The smallest absolute Gasteiger partial charge is 0.237 e. The molecule has 23 heavy (non-hydrogen) atoms. The van der Waals surface area contributed by atoms with Gasteiger partial charge in [0.05, 0.1) is 29.0 Å². The van der Waals surface area contributed by atoms with E-state index in [0.717, 1.165) is 30.2 Å². The van der Waals surface area contributed by atoms with Gasteiger partial charge >= 0.3 is 0 Å². The Kier molecular flexibility index (Phi) is 6.56. The summed E-state index contributed by atoms with van der Waals surface area (Å²) in [6.45, 7) is 12.6. The Bertz CT molecular complexity index is 508. The predicted octanol–water partition coefficient (Wildman–Crippen LogP) is 2.24. The van der Waals surface area contributed by atoms with Crippen LogP contribution in [0.1, 0.15) is 38.4 Å². The minimum absolute atomic E-state index is 0.0963. The van der Waals surface area contributed by atoms with Crippen molar-refractivity contribution in [2.75, 3.05) is 19.6 Å². The van der Waals surface area contributed by atoms with Crippen molar-refractivity contribution in [1.82, 2.24) is 15.2 Å². The molecule has 1 aromatic heterocycles. The summed E-state index contributed by atoms with van der Waals surface area (Å²) in [6, 6.07) is -0.0963. The van der Waals surface area contributed by atoms with Crippen molar-refractivity contribution < 1.29 is 9.53 Å². The first-order valence-corrected chi connectivity index (χ1v) is 9.33. The van der Waals surface area contributed by atoms with Crippen LogP contribution < -0.4 is 5.32 Å². The molecule has 1 fully saturated rings. The SMILES string of the molecule is Cc1nc(CCNC(=O)[C@H](C(C)C)N2C[C@@H](C)O[C@@H](C)C2)cs1. The molecule has 0 unspecified atom stereocenters. The Hall–Kier alpha value is -0.980. The number of nitrogens with one attached hydrogen (secondary N) is 1. The lowest BCUT2D eigenvalue weighted by molar-refractivity contribution is -0.135. The molecule has 130 valence electrons. The highest BCUT2D eigenvalue weighted by Gasteiger charge is 2.33. The van der Waals surface area contributed by atoms with Gasteiger partial charge < -0.3 is 10.1 Å². The number of amides is 1. The predicted molar refractivity (Wildman–Crippen MR) is 93.8 cm³/mol. The van der Waals surface area contributed by atoms with Crippen molar-refractivity contribution in [3.05, 3.63) is 16.1 Å². The van der Waals surface area contributed by atoms with E-state index < -0.39 is 0 Å². The van der Waals surface area contributed by atoms with Gasteiger partial charge in [0, 0.05) is 31.4 Å². The second kappa shape index (κ2) is 8.22. The second-order valence-electron chi connectivity index (χ2n) is 6.80. The van der Waals surface area contributed by atoms with E-state index in [1.807, 2.05) is 6.92 Å². The summed E-state index contributed by atoms with van der Waals surface area (Å²) in [5, 5.41) is 6.23. The van der Waals surface area contributed by atoms with Gasteiger partial charge in [-0.05, 0) is 26.7 Å². The lowest BCUT2D eigenvalue weighted by Crippen LogP contribution is -2.57. The van der Waals surface area contributed by atoms with Gasteiger partial charge in [0.25, 0.3) is 0 Å². The van der Waals surface area contributed by atoms with Crippen LogP contribution in [0.2, 0.25) is 0 Å². The maximum absolute atomic E-state index is 12.7. The average molecular weight is 340 g/mol. The number of aromatic nitrogens is 1. The largest absolute Gasteiger partial charge is 0.373 e. The van der Waals surface area contributed by atoms with E-state index in [4.69, 9.17) is 4.74 Å². The van der Waals surface area contributed by atoms with E-state index in [-0.39, 0.29) is 30.1 Å². The van der Waals surface area contributed by atoms with Crippen molar-refractivity contribution in [2.45, 2.75) is 59.3 Å². The molecule has 0 aliphatic carbocycles. The number of nitrogens with zero attached hydrogens (tertiary/aromatic N) is 2. The maximum Gasteiger partial charge on any atom is 0.237 e. The van der Waals surface area contributed by atoms with Crippen LogP contribution in [0.15, 0.2) is 5.38 Å². The number of aryl methyl sites for hydroxylation is 1. The first-order chi connectivity index (χ1) is 10.9. The van der Waals surface area contributed by atoms with Crippen LogP contribution in [0, 0.1) is 12.8 Å². The number of rotatable bonds is 6. The number of hydrogen-bond acceptors (Lipinski definition) is 5. The van der Waals surface area contributed by atoms with Gasteiger partial charge in [0.15, 0.2) is 0 Å². The number of hydrogen-bond donors (Lipinski definition) is 1. The van der Waals surface area contributed by atoms with Crippen LogP contribution >= 0.6 is 11.3 Å². The molecule has 6 heteroatoms. The summed E-state index contributed by atoms with van der Waals surface area (Å²) in [5.74, 6) is 0.391. The molecular weight excluding hydrogens is 310 g/mol. The van der Waals surface area contributed by atoms with Crippen LogP contribution in [0.4, 0.5) is 0 Å². The lowest BCUT2D eigenvalue weighted by atomic mass is 9.99. The Labute approximate surface area is 143 Å². The average Bonchev–Trinajstić information content (AvgIpc) is 2.83. The normalized spacial score (nSPS) is 23.9. The van der Waals surface area contributed by atoms with E-state index >= 15 is 0 Å². The van der Waals surface area contributed by atoms with Gasteiger partial charge in [-0.15, -0.1) is 11.3 Å². The monoisotopic (exact) mass is 339 g/mol. The fourth-order valence-electron chi connectivity index (χ4n) is 3.28. The molecule has 1 aliphatic heterocycles. The summed E-state index contributed by atoms with van der Waals surface area (Å²) in [4.78, 5) is 19.4. The molecule has 1 N–H and O–H groups in total. The van der Waals surface area contributed by atoms with Crippen molar-refractivity contribution in [2.24, 2.45) is 5.92 Å². The summed E-state index contributed by atoms with van der Waals surface area (Å²) in [6.07, 6.45) is 1.13. The van der Waals surface area contributed by atoms with Gasteiger partial charge in [0.1, 0.15) is 0 Å². The highest BCUT2D eigenvalue weighted by atomic mass is 32.1. The molecule has 1 aromatic rings. The maximum atomic E-state index is 12.7. The van der Waals surface area contributed by atoms with Crippen molar-refractivity contribution >= 4 is 17.2 Å². The van der Waals surface area contributed by atoms with Gasteiger partial charge in [0.2, 0.25) is 5.91 Å². The molecule has 0 saturated carbocycles. The summed E-state index contributed by atoms with van der Waals surface area (Å²) in [7, 11) is 0. The topological polar surface area (TPSA) is 54.5 Å². The molecule has 5 nitrogen and oxygen atoms in total. The molecule has 3 atom stereocenters. The molecular formula is C17H29N3O2S. The van der Waals surface area contributed by atoms with Crippen LogP contribution in [-0.4, -0.2) is 53.7 Å². The molecule has 1 amide bonds. The molecule has 1 saturated heterocycles. The van der Waals surface area contributed by atoms with Crippen molar-refractivity contribution in [3.8, 4) is 0 Å². The van der Waals surface area contributed by atoms with E-state index in [1.165, 1.54) is 0 Å². The van der Waals surface area contributed by atoms with Crippen LogP contribution in [0.3, 0.4) is 0 Å².